The Hall–Kier alpha value is -1.42. The van der Waals surface area contributed by atoms with E-state index in [-0.39, 0.29) is 30.4 Å². The summed E-state index contributed by atoms with van der Waals surface area (Å²) in [5, 5.41) is 5.94. The number of nitrogens with one attached hydrogen (secondary N) is 2. The van der Waals surface area contributed by atoms with Crippen molar-refractivity contribution >= 4 is 5.91 Å². The minimum Gasteiger partial charge on any atom is -0.353 e. The first-order chi connectivity index (χ1) is 9.04. The second-order valence-electron chi connectivity index (χ2n) is 4.88. The quantitative estimate of drug-likeness (QED) is 0.796. The highest BCUT2D eigenvalue weighted by atomic mass is 19.1. The maximum atomic E-state index is 13.5. The van der Waals surface area contributed by atoms with Gasteiger partial charge in [0.15, 0.2) is 0 Å². The van der Waals surface area contributed by atoms with Gasteiger partial charge in [-0.1, -0.05) is 31.5 Å². The molecule has 1 amide bonds. The van der Waals surface area contributed by atoms with Crippen molar-refractivity contribution < 1.29 is 9.18 Å². The van der Waals surface area contributed by atoms with Gasteiger partial charge in [0.25, 0.3) is 0 Å². The Morgan fingerprint density at radius 2 is 2.00 bits per heavy atom. The number of amides is 1. The molecule has 0 heterocycles. The van der Waals surface area contributed by atoms with Crippen LogP contribution in [0.25, 0.3) is 0 Å². The van der Waals surface area contributed by atoms with Gasteiger partial charge in [0.2, 0.25) is 5.91 Å². The van der Waals surface area contributed by atoms with Gasteiger partial charge in [0.05, 0.1) is 6.54 Å². The van der Waals surface area contributed by atoms with Crippen LogP contribution in [0.5, 0.6) is 0 Å². The number of carbonyl (C=O) groups excluding carboxylic acids is 1. The fourth-order valence-corrected chi connectivity index (χ4v) is 2.01. The molecule has 3 nitrogen and oxygen atoms in total. The molecule has 1 rings (SSSR count). The smallest absolute Gasteiger partial charge is 0.234 e. The van der Waals surface area contributed by atoms with E-state index in [9.17, 15) is 9.18 Å². The number of benzene rings is 1. The fraction of sp³-hybridized carbons (Fsp3) is 0.533. The van der Waals surface area contributed by atoms with Gasteiger partial charge in [-0.15, -0.1) is 0 Å². The van der Waals surface area contributed by atoms with Crippen LogP contribution >= 0.6 is 0 Å². The summed E-state index contributed by atoms with van der Waals surface area (Å²) in [6.45, 7) is 6.12. The second kappa shape index (κ2) is 7.89. The zero-order valence-electron chi connectivity index (χ0n) is 11.9. The molecule has 2 N–H and O–H groups in total. The summed E-state index contributed by atoms with van der Waals surface area (Å²) in [5.74, 6) is -0.300. The van der Waals surface area contributed by atoms with Crippen molar-refractivity contribution in [2.45, 2.75) is 45.7 Å². The van der Waals surface area contributed by atoms with Gasteiger partial charge in [-0.05, 0) is 26.3 Å². The fourth-order valence-electron chi connectivity index (χ4n) is 2.01. The average Bonchev–Trinajstić information content (AvgIpc) is 2.36. The lowest BCUT2D eigenvalue weighted by molar-refractivity contribution is -0.121. The molecule has 0 aromatic heterocycles. The highest BCUT2D eigenvalue weighted by molar-refractivity contribution is 5.78. The van der Waals surface area contributed by atoms with E-state index in [2.05, 4.69) is 17.6 Å². The Morgan fingerprint density at radius 3 is 2.63 bits per heavy atom. The minimum atomic E-state index is -0.248. The van der Waals surface area contributed by atoms with Crippen LogP contribution in [-0.4, -0.2) is 18.5 Å². The Labute approximate surface area is 114 Å². The Morgan fingerprint density at radius 1 is 1.32 bits per heavy atom. The number of carbonyl (C=O) groups is 1. The van der Waals surface area contributed by atoms with E-state index in [1.54, 1.807) is 18.2 Å². The summed E-state index contributed by atoms with van der Waals surface area (Å²) in [6, 6.07) is 6.60. The van der Waals surface area contributed by atoms with Gasteiger partial charge in [-0.2, -0.15) is 0 Å². The molecule has 19 heavy (non-hydrogen) atoms. The van der Waals surface area contributed by atoms with Gasteiger partial charge in [-0.3, -0.25) is 4.79 Å². The number of hydrogen-bond acceptors (Lipinski definition) is 2. The maximum Gasteiger partial charge on any atom is 0.234 e. The molecule has 0 aliphatic carbocycles. The summed E-state index contributed by atoms with van der Waals surface area (Å²) in [5.41, 5.74) is 0.580. The number of halogens is 1. The lowest BCUT2D eigenvalue weighted by Gasteiger charge is -2.17. The van der Waals surface area contributed by atoms with E-state index in [0.29, 0.717) is 5.56 Å². The predicted molar refractivity (Wildman–Crippen MR) is 75.3 cm³/mol. The highest BCUT2D eigenvalue weighted by Gasteiger charge is 2.12. The van der Waals surface area contributed by atoms with Crippen LogP contribution in [-0.2, 0) is 4.79 Å². The van der Waals surface area contributed by atoms with Crippen LogP contribution in [0.15, 0.2) is 24.3 Å². The maximum absolute atomic E-state index is 13.5. The highest BCUT2D eigenvalue weighted by Crippen LogP contribution is 2.15. The van der Waals surface area contributed by atoms with E-state index < -0.39 is 0 Å². The lowest BCUT2D eigenvalue weighted by Crippen LogP contribution is -2.39. The molecule has 0 fully saturated rings. The predicted octanol–water partition coefficient (Wildman–Crippen LogP) is 2.78. The first-order valence-electron chi connectivity index (χ1n) is 6.81. The molecule has 0 bridgehead atoms. The van der Waals surface area contributed by atoms with Crippen LogP contribution in [0, 0.1) is 5.82 Å². The van der Waals surface area contributed by atoms with E-state index in [1.807, 2.05) is 13.8 Å². The lowest BCUT2D eigenvalue weighted by atomic mass is 10.1. The Bertz CT molecular complexity index is 409. The largest absolute Gasteiger partial charge is 0.353 e. The summed E-state index contributed by atoms with van der Waals surface area (Å²) in [6.07, 6.45) is 2.01. The van der Waals surface area contributed by atoms with E-state index in [0.717, 1.165) is 12.8 Å². The van der Waals surface area contributed by atoms with Crippen molar-refractivity contribution in [3.8, 4) is 0 Å². The van der Waals surface area contributed by atoms with Crippen LogP contribution in [0.3, 0.4) is 0 Å². The van der Waals surface area contributed by atoms with Crippen LogP contribution < -0.4 is 10.6 Å². The summed E-state index contributed by atoms with van der Waals surface area (Å²) >= 11 is 0. The van der Waals surface area contributed by atoms with Gasteiger partial charge in [0.1, 0.15) is 5.82 Å². The molecular weight excluding hydrogens is 243 g/mol. The standard InChI is InChI=1S/C15H23FN2O/c1-4-7-11(2)18-15(19)10-17-12(3)13-8-5-6-9-14(13)16/h5-6,8-9,11-12,17H,4,7,10H2,1-3H3,(H,18,19). The molecule has 2 atom stereocenters. The first kappa shape index (κ1) is 15.6. The summed E-state index contributed by atoms with van der Waals surface area (Å²) < 4.78 is 13.5. The van der Waals surface area contributed by atoms with E-state index in [1.165, 1.54) is 6.07 Å². The molecule has 0 aliphatic rings. The molecule has 1 aromatic carbocycles. The van der Waals surface area contributed by atoms with Crippen LogP contribution in [0.1, 0.15) is 45.2 Å². The van der Waals surface area contributed by atoms with Crippen LogP contribution in [0.2, 0.25) is 0 Å². The molecule has 1 aromatic rings. The molecular formula is C15H23FN2O. The molecule has 0 saturated carbocycles. The molecule has 0 radical (unpaired) electrons. The molecule has 0 spiro atoms. The average molecular weight is 266 g/mol. The summed E-state index contributed by atoms with van der Waals surface area (Å²) in [7, 11) is 0. The third kappa shape index (κ3) is 5.39. The van der Waals surface area contributed by atoms with E-state index >= 15 is 0 Å². The molecule has 0 saturated heterocycles. The van der Waals surface area contributed by atoms with Crippen molar-refractivity contribution in [3.63, 3.8) is 0 Å². The van der Waals surface area contributed by atoms with Gasteiger partial charge in [-0.25, -0.2) is 4.39 Å². The minimum absolute atomic E-state index is 0.0517. The van der Waals surface area contributed by atoms with Gasteiger partial charge in [0, 0.05) is 17.6 Å². The van der Waals surface area contributed by atoms with Crippen molar-refractivity contribution in [3.05, 3.63) is 35.6 Å². The first-order valence-corrected chi connectivity index (χ1v) is 6.81. The van der Waals surface area contributed by atoms with Gasteiger partial charge < -0.3 is 10.6 Å². The van der Waals surface area contributed by atoms with Crippen molar-refractivity contribution in [1.29, 1.82) is 0 Å². The van der Waals surface area contributed by atoms with Crippen molar-refractivity contribution in [2.75, 3.05) is 6.54 Å². The van der Waals surface area contributed by atoms with E-state index in [4.69, 9.17) is 0 Å². The normalized spacial score (nSPS) is 13.9. The number of rotatable bonds is 7. The SMILES string of the molecule is CCCC(C)NC(=O)CNC(C)c1ccccc1F. The van der Waals surface area contributed by atoms with Gasteiger partial charge >= 0.3 is 0 Å². The van der Waals surface area contributed by atoms with Crippen molar-refractivity contribution in [2.24, 2.45) is 0 Å². The third-order valence-electron chi connectivity index (χ3n) is 3.07. The zero-order chi connectivity index (χ0) is 14.3. The Kier molecular flexibility index (Phi) is 6.50. The second-order valence-corrected chi connectivity index (χ2v) is 4.88. The van der Waals surface area contributed by atoms with Crippen LogP contribution in [0.4, 0.5) is 4.39 Å². The number of hydrogen-bond donors (Lipinski definition) is 2. The monoisotopic (exact) mass is 266 g/mol. The summed E-state index contributed by atoms with van der Waals surface area (Å²) in [4.78, 5) is 11.7. The van der Waals surface area contributed by atoms with Crippen molar-refractivity contribution in [1.82, 2.24) is 10.6 Å². The Balaban J connectivity index is 2.40. The molecule has 106 valence electrons. The zero-order valence-corrected chi connectivity index (χ0v) is 11.9. The third-order valence-corrected chi connectivity index (χ3v) is 3.07. The molecule has 0 aliphatic heterocycles. The molecule has 2 unspecified atom stereocenters. The topological polar surface area (TPSA) is 41.1 Å². The molecule has 4 heteroatoms.